The normalized spacial score (nSPS) is 10.3. The Morgan fingerprint density at radius 2 is 0.773 bits per heavy atom. The second kappa shape index (κ2) is 80.3. The van der Waals surface area contributed by atoms with Gasteiger partial charge in [0.05, 0.1) is 0 Å². The molecule has 0 spiro atoms. The van der Waals surface area contributed by atoms with Crippen LogP contribution >= 0.6 is 83.8 Å². The summed E-state index contributed by atoms with van der Waals surface area (Å²) in [5, 5.41) is 0. The fourth-order valence-electron chi connectivity index (χ4n) is 0.408. The summed E-state index contributed by atoms with van der Waals surface area (Å²) < 4.78 is 0. The smallest absolute Gasteiger partial charge is 0.358 e. The molecule has 2 radical (unpaired) electrons. The molecule has 0 nitrogen and oxygen atoms in total. The van der Waals surface area contributed by atoms with Crippen LogP contribution in [0.25, 0.3) is 0 Å². The van der Waals surface area contributed by atoms with E-state index in [4.69, 9.17) is 0 Å². The minimum atomic E-state index is 0. The molecule has 2 saturated carbocycles. The maximum atomic E-state index is 2.39. The molecule has 0 bridgehead atoms. The summed E-state index contributed by atoms with van der Waals surface area (Å²) in [4.78, 5) is 1.97. The van der Waals surface area contributed by atoms with E-state index in [0.717, 1.165) is 0 Å². The molecule has 0 amide bonds. The van der Waals surface area contributed by atoms with E-state index in [1.165, 1.54) is 38.5 Å². The summed E-state index contributed by atoms with van der Waals surface area (Å²) in [6, 6.07) is 0. The fraction of sp³-hybridized carbons (Fsp3) is 0.643. The number of rotatable bonds is 0. The van der Waals surface area contributed by atoms with E-state index in [0.29, 0.717) is 13.3 Å². The van der Waals surface area contributed by atoms with Gasteiger partial charge in [-0.1, -0.05) is 36.4 Å². The molecule has 0 aliphatic heterocycles. The van der Waals surface area contributed by atoms with Crippen LogP contribution in [0, 0.1) is 35.1 Å². The first-order chi connectivity index (χ1) is 7.41. The van der Waals surface area contributed by atoms with Crippen molar-refractivity contribution in [2.75, 3.05) is 4.93 Å². The van der Waals surface area contributed by atoms with Gasteiger partial charge in [0, 0.05) is 65.4 Å². The number of hydrogen-bond donors (Lipinski definition) is 0. The SMILES string of the molecule is CC.CI.I.I[I-]I.[CH-]1CCC1.[CH-]1CCC1.[CH3-].[CH3-].[CH3-].[W+2].[Y].[Y]. The predicted octanol–water partition coefficient (Wildman–Crippen LogP) is 5.56. The third-order valence-corrected chi connectivity index (χ3v) is 1.63. The van der Waals surface area contributed by atoms with Gasteiger partial charge in [-0.2, -0.15) is 25.7 Å². The van der Waals surface area contributed by atoms with Gasteiger partial charge in [0.25, 0.3) is 0 Å². The van der Waals surface area contributed by atoms with Gasteiger partial charge >= 0.3 is 71.6 Å². The Kier molecular flexibility index (Phi) is 230. The first-order valence-corrected chi connectivity index (χ1v) is 20.0. The second-order valence-corrected chi connectivity index (χ2v) is 18.7. The number of halogens is 5. The topological polar surface area (TPSA) is 0 Å². The van der Waals surface area contributed by atoms with E-state index in [9.17, 15) is 0 Å². The van der Waals surface area contributed by atoms with Crippen molar-refractivity contribution in [1.29, 1.82) is 0 Å². The molecule has 2 rings (SSSR count). The molecule has 140 valence electrons. The molecule has 0 aromatic heterocycles. The van der Waals surface area contributed by atoms with Crippen molar-refractivity contribution in [1.82, 2.24) is 0 Å². The predicted molar refractivity (Wildman–Crippen MR) is 130 cm³/mol. The van der Waals surface area contributed by atoms with Crippen LogP contribution in [0.1, 0.15) is 52.4 Å². The third kappa shape index (κ3) is 81.9. The van der Waals surface area contributed by atoms with Crippen LogP contribution < -0.4 is 13.3 Å². The van der Waals surface area contributed by atoms with Gasteiger partial charge in [0.15, 0.2) is 0 Å². The van der Waals surface area contributed by atoms with E-state index in [-0.39, 0.29) is 133 Å². The third-order valence-electron chi connectivity index (χ3n) is 1.63. The summed E-state index contributed by atoms with van der Waals surface area (Å²) in [7, 11) is 0. The van der Waals surface area contributed by atoms with Crippen LogP contribution in [-0.4, -0.2) is 4.93 Å². The summed E-state index contributed by atoms with van der Waals surface area (Å²) in [5.74, 6) is 0. The van der Waals surface area contributed by atoms with Gasteiger partial charge in [-0.05, 0) is 4.93 Å². The average Bonchev–Trinajstić information content (AvgIpc) is 2.06. The van der Waals surface area contributed by atoms with Crippen molar-refractivity contribution in [3.63, 3.8) is 0 Å². The summed E-state index contributed by atoms with van der Waals surface area (Å²) in [5.41, 5.74) is 0. The van der Waals surface area contributed by atoms with Crippen molar-refractivity contribution in [3.8, 4) is 0 Å². The van der Waals surface area contributed by atoms with E-state index in [1.54, 1.807) is 0 Å². The van der Waals surface area contributed by atoms with Crippen molar-refractivity contribution >= 4 is 83.8 Å². The van der Waals surface area contributed by atoms with Crippen LogP contribution in [0.3, 0.4) is 0 Å². The summed E-state index contributed by atoms with van der Waals surface area (Å²) in [6.45, 7) is 4.00. The van der Waals surface area contributed by atoms with E-state index < -0.39 is 0 Å². The Balaban J connectivity index is -0.00000000975. The van der Waals surface area contributed by atoms with Gasteiger partial charge in [0.2, 0.25) is 0 Å². The van der Waals surface area contributed by atoms with Crippen molar-refractivity contribution in [2.45, 2.75) is 52.4 Å². The molecule has 0 aromatic carbocycles. The zero-order valence-corrected chi connectivity index (χ0v) is 34.5. The quantitative estimate of drug-likeness (QED) is 0.170. The van der Waals surface area contributed by atoms with Crippen LogP contribution in [0.15, 0.2) is 0 Å². The molecule has 0 heterocycles. The van der Waals surface area contributed by atoms with Crippen LogP contribution in [0.4, 0.5) is 0 Å². The van der Waals surface area contributed by atoms with E-state index in [1.807, 2.05) is 18.8 Å². The maximum absolute atomic E-state index is 2.39. The minimum Gasteiger partial charge on any atom is -0.358 e. The molecule has 0 aromatic rings. The summed E-state index contributed by atoms with van der Waals surface area (Å²) in [6.07, 6.45) is 13.0. The van der Waals surface area contributed by atoms with E-state index in [2.05, 4.69) is 72.7 Å². The van der Waals surface area contributed by atoms with Crippen molar-refractivity contribution in [3.05, 3.63) is 35.1 Å². The molecular weight excluding hydrogens is 1160 g/mol. The second-order valence-electron chi connectivity index (χ2n) is 2.49. The minimum absolute atomic E-state index is 0. The van der Waals surface area contributed by atoms with Crippen LogP contribution in [0.2, 0.25) is 0 Å². The number of hydrogen-bond acceptors (Lipinski definition) is 0. The van der Waals surface area contributed by atoms with Gasteiger partial charge < -0.3 is 35.1 Å². The first-order valence-electron chi connectivity index (χ1n) is 5.30. The van der Waals surface area contributed by atoms with Gasteiger partial charge in [0.1, 0.15) is 0 Å². The molecular formula is C14H33I5WY2-4. The van der Waals surface area contributed by atoms with Crippen molar-refractivity contribution in [2.24, 2.45) is 0 Å². The van der Waals surface area contributed by atoms with Gasteiger partial charge in [-0.3, -0.25) is 0 Å². The molecule has 22 heavy (non-hydrogen) atoms. The Bertz CT molecular complexity index is 64.3. The standard InChI is InChI=1S/2C4H7.C2H6.CH3I.3CH3.I3.HI.W.2Y/c2*1-2-4-3-1;2*1-2;;;;1-3-2;;;;/h2*1H,2-4H2;1-2H3;1H3;3*1H3;;1H;;;/q2*-1;;;4*-1;;+2;;. The molecule has 8 heteroatoms. The van der Waals surface area contributed by atoms with Crippen LogP contribution in [-0.2, 0) is 86.5 Å². The first kappa shape index (κ1) is 63.0. The zero-order chi connectivity index (χ0) is 12.4. The zero-order valence-electron chi connectivity index (χ0n) is 14.9. The molecule has 2 aliphatic carbocycles. The molecule has 0 unspecified atom stereocenters. The molecule has 0 N–H and O–H groups in total. The molecule has 2 fully saturated rings. The Morgan fingerprint density at radius 3 is 0.773 bits per heavy atom. The largest absolute Gasteiger partial charge is 2.00 e. The van der Waals surface area contributed by atoms with Gasteiger partial charge in [-0.15, -0.1) is 36.8 Å². The van der Waals surface area contributed by atoms with Crippen LogP contribution in [0.5, 0.6) is 0 Å². The average molecular weight is 1200 g/mol. The molecule has 0 saturated heterocycles. The van der Waals surface area contributed by atoms with Gasteiger partial charge in [-0.25, -0.2) is 0 Å². The van der Waals surface area contributed by atoms with E-state index >= 15 is 0 Å². The Morgan fingerprint density at radius 1 is 0.727 bits per heavy atom. The molecule has 0 atom stereocenters. The summed E-state index contributed by atoms with van der Waals surface area (Å²) >= 11 is 7.45. The number of alkyl halides is 1. The monoisotopic (exact) mass is 1200 g/mol. The fourth-order valence-corrected chi connectivity index (χ4v) is 0.408. The Hall–Kier alpha value is 6.55. The maximum Gasteiger partial charge on any atom is 2.00 e. The molecule has 2 aliphatic rings. The Labute approximate surface area is 269 Å². The van der Waals surface area contributed by atoms with Crippen molar-refractivity contribution < 1.29 is 99.7 Å².